The summed E-state index contributed by atoms with van der Waals surface area (Å²) in [5, 5.41) is 0. The number of nitrogens with two attached hydrogens (primary N) is 1. The van der Waals surface area contributed by atoms with Crippen LogP contribution < -0.4 is 5.73 Å². The molecule has 1 saturated carbocycles. The van der Waals surface area contributed by atoms with Crippen molar-refractivity contribution in [2.45, 2.75) is 19.3 Å². The number of rotatable bonds is 3. The largest absolute Gasteiger partial charge is 0.460 e. The summed E-state index contributed by atoms with van der Waals surface area (Å²) in [4.78, 5) is 12.1. The van der Waals surface area contributed by atoms with Crippen LogP contribution in [0.25, 0.3) is 0 Å². The average Bonchev–Trinajstić information content (AvgIpc) is 2.84. The van der Waals surface area contributed by atoms with E-state index in [4.69, 9.17) is 10.2 Å². The van der Waals surface area contributed by atoms with E-state index in [1.54, 1.807) is 6.07 Å². The van der Waals surface area contributed by atoms with E-state index in [0.717, 1.165) is 23.7 Å². The highest BCUT2D eigenvalue weighted by Crippen LogP contribution is 2.35. The Morgan fingerprint density at radius 2 is 2.40 bits per heavy atom. The Kier molecular flexibility index (Phi) is 3.26. The number of ketones is 1. The number of hydrogen-bond acceptors (Lipinski definition) is 3. The standard InChI is InChI=1S/C11H14BrNO2/c12-9-4-5-15-11(9)10(14)8-3-1-2-7(8)6-13/h4-5,7-8H,1-3,6,13H2/t7-,8-/m0/s1. The summed E-state index contributed by atoms with van der Waals surface area (Å²) in [5.41, 5.74) is 5.66. The Hall–Kier alpha value is -0.610. The van der Waals surface area contributed by atoms with E-state index in [1.807, 2.05) is 0 Å². The minimum absolute atomic E-state index is 0.0532. The Morgan fingerprint density at radius 3 is 3.00 bits per heavy atom. The maximum absolute atomic E-state index is 12.1. The smallest absolute Gasteiger partial charge is 0.202 e. The predicted octanol–water partition coefficient (Wildman–Crippen LogP) is 2.60. The molecule has 1 heterocycles. The molecule has 15 heavy (non-hydrogen) atoms. The number of hydrogen-bond donors (Lipinski definition) is 1. The van der Waals surface area contributed by atoms with Gasteiger partial charge in [-0.25, -0.2) is 0 Å². The van der Waals surface area contributed by atoms with Crippen LogP contribution in [0.15, 0.2) is 21.2 Å². The SMILES string of the molecule is NC[C@@H]1CCC[C@@H]1C(=O)c1occc1Br. The molecule has 3 nitrogen and oxygen atoms in total. The van der Waals surface area contributed by atoms with Gasteiger partial charge in [0.1, 0.15) is 0 Å². The summed E-state index contributed by atoms with van der Waals surface area (Å²) < 4.78 is 5.94. The van der Waals surface area contributed by atoms with Gasteiger partial charge in [-0.1, -0.05) is 6.42 Å². The Labute approximate surface area is 97.1 Å². The molecule has 1 fully saturated rings. The third-order valence-corrected chi connectivity index (χ3v) is 3.76. The van der Waals surface area contributed by atoms with Gasteiger partial charge in [-0.2, -0.15) is 0 Å². The van der Waals surface area contributed by atoms with Crippen molar-refractivity contribution in [3.8, 4) is 0 Å². The molecule has 1 aromatic heterocycles. The van der Waals surface area contributed by atoms with Crippen LogP contribution >= 0.6 is 15.9 Å². The maximum atomic E-state index is 12.1. The minimum atomic E-state index is 0.0532. The molecule has 0 spiro atoms. The molecule has 2 rings (SSSR count). The van der Waals surface area contributed by atoms with E-state index in [1.165, 1.54) is 6.26 Å². The van der Waals surface area contributed by atoms with Crippen LogP contribution in [0.5, 0.6) is 0 Å². The molecule has 1 aliphatic carbocycles. The maximum Gasteiger partial charge on any atom is 0.202 e. The first-order chi connectivity index (χ1) is 7.24. The molecule has 0 unspecified atom stereocenters. The summed E-state index contributed by atoms with van der Waals surface area (Å²) >= 11 is 3.31. The van der Waals surface area contributed by atoms with Crippen molar-refractivity contribution in [2.75, 3.05) is 6.54 Å². The van der Waals surface area contributed by atoms with Crippen LogP contribution in [0, 0.1) is 11.8 Å². The number of carbonyl (C=O) groups is 1. The van der Waals surface area contributed by atoms with Crippen molar-refractivity contribution in [1.82, 2.24) is 0 Å². The Bertz CT molecular complexity index is 361. The molecule has 0 bridgehead atoms. The molecule has 0 saturated heterocycles. The summed E-state index contributed by atoms with van der Waals surface area (Å²) in [6.07, 6.45) is 4.62. The number of furan rings is 1. The molecular weight excluding hydrogens is 258 g/mol. The van der Waals surface area contributed by atoms with Gasteiger partial charge in [0.05, 0.1) is 10.7 Å². The number of carbonyl (C=O) groups excluding carboxylic acids is 1. The molecule has 0 aromatic carbocycles. The summed E-state index contributed by atoms with van der Waals surface area (Å²) in [5.74, 6) is 0.923. The number of halogens is 1. The second-order valence-corrected chi connectivity index (χ2v) is 4.85. The first-order valence-corrected chi connectivity index (χ1v) is 6.00. The second-order valence-electron chi connectivity index (χ2n) is 4.00. The molecular formula is C11H14BrNO2. The van der Waals surface area contributed by atoms with E-state index >= 15 is 0 Å². The molecule has 2 N–H and O–H groups in total. The van der Waals surface area contributed by atoms with Gasteiger partial charge in [0.15, 0.2) is 5.76 Å². The molecule has 0 amide bonds. The van der Waals surface area contributed by atoms with Crippen molar-refractivity contribution in [2.24, 2.45) is 17.6 Å². The lowest BCUT2D eigenvalue weighted by Gasteiger charge is -2.15. The first-order valence-electron chi connectivity index (χ1n) is 5.21. The van der Waals surface area contributed by atoms with Gasteiger partial charge in [0.2, 0.25) is 5.78 Å². The topological polar surface area (TPSA) is 56.2 Å². The highest BCUT2D eigenvalue weighted by molar-refractivity contribution is 9.10. The summed E-state index contributed by atoms with van der Waals surface area (Å²) in [7, 11) is 0. The first kappa shape index (κ1) is 10.9. The van der Waals surface area contributed by atoms with Gasteiger partial charge in [-0.15, -0.1) is 0 Å². The van der Waals surface area contributed by atoms with E-state index in [-0.39, 0.29) is 11.7 Å². The Balaban J connectivity index is 2.18. The van der Waals surface area contributed by atoms with Crippen LogP contribution in [0.3, 0.4) is 0 Å². The average molecular weight is 272 g/mol. The lowest BCUT2D eigenvalue weighted by atomic mass is 9.91. The second kappa shape index (κ2) is 4.49. The molecule has 1 aliphatic rings. The molecule has 82 valence electrons. The normalized spacial score (nSPS) is 25.7. The molecule has 1 aromatic rings. The Morgan fingerprint density at radius 1 is 1.60 bits per heavy atom. The zero-order chi connectivity index (χ0) is 10.8. The van der Waals surface area contributed by atoms with Gasteiger partial charge in [-0.05, 0) is 47.3 Å². The predicted molar refractivity (Wildman–Crippen MR) is 60.6 cm³/mol. The highest BCUT2D eigenvalue weighted by atomic mass is 79.9. The lowest BCUT2D eigenvalue weighted by Crippen LogP contribution is -2.25. The monoisotopic (exact) mass is 271 g/mol. The van der Waals surface area contributed by atoms with E-state index in [0.29, 0.717) is 18.2 Å². The minimum Gasteiger partial charge on any atom is -0.460 e. The van der Waals surface area contributed by atoms with Crippen LogP contribution in [0.1, 0.15) is 29.8 Å². The van der Waals surface area contributed by atoms with Crippen LogP contribution in [-0.4, -0.2) is 12.3 Å². The van der Waals surface area contributed by atoms with Gasteiger partial charge in [-0.3, -0.25) is 4.79 Å². The van der Waals surface area contributed by atoms with Crippen molar-refractivity contribution in [1.29, 1.82) is 0 Å². The van der Waals surface area contributed by atoms with E-state index < -0.39 is 0 Å². The fourth-order valence-corrected chi connectivity index (χ4v) is 2.70. The fraction of sp³-hybridized carbons (Fsp3) is 0.545. The van der Waals surface area contributed by atoms with Crippen molar-refractivity contribution >= 4 is 21.7 Å². The van der Waals surface area contributed by atoms with Gasteiger partial charge in [0, 0.05) is 5.92 Å². The van der Waals surface area contributed by atoms with Gasteiger partial charge < -0.3 is 10.2 Å². The third-order valence-electron chi connectivity index (χ3n) is 3.14. The summed E-state index contributed by atoms with van der Waals surface area (Å²) in [6.45, 7) is 0.592. The quantitative estimate of drug-likeness (QED) is 0.860. The lowest BCUT2D eigenvalue weighted by molar-refractivity contribution is 0.0863. The van der Waals surface area contributed by atoms with Gasteiger partial charge >= 0.3 is 0 Å². The number of Topliss-reactive ketones (excluding diaryl/α,β-unsaturated/α-hetero) is 1. The zero-order valence-electron chi connectivity index (χ0n) is 8.41. The fourth-order valence-electron chi connectivity index (χ4n) is 2.30. The van der Waals surface area contributed by atoms with Crippen molar-refractivity contribution in [3.05, 3.63) is 22.6 Å². The zero-order valence-corrected chi connectivity index (χ0v) is 10.00. The van der Waals surface area contributed by atoms with Crippen LogP contribution in [-0.2, 0) is 0 Å². The van der Waals surface area contributed by atoms with E-state index in [9.17, 15) is 4.79 Å². The van der Waals surface area contributed by atoms with Crippen LogP contribution in [0.4, 0.5) is 0 Å². The van der Waals surface area contributed by atoms with Gasteiger partial charge in [0.25, 0.3) is 0 Å². The molecule has 0 aliphatic heterocycles. The van der Waals surface area contributed by atoms with Crippen LogP contribution in [0.2, 0.25) is 0 Å². The van der Waals surface area contributed by atoms with Crippen molar-refractivity contribution < 1.29 is 9.21 Å². The third kappa shape index (κ3) is 2.01. The molecule has 4 heteroatoms. The molecule has 0 radical (unpaired) electrons. The van der Waals surface area contributed by atoms with Crippen molar-refractivity contribution in [3.63, 3.8) is 0 Å². The molecule has 2 atom stereocenters. The highest BCUT2D eigenvalue weighted by Gasteiger charge is 2.34. The van der Waals surface area contributed by atoms with E-state index in [2.05, 4.69) is 15.9 Å². The summed E-state index contributed by atoms with van der Waals surface area (Å²) in [6, 6.07) is 1.75.